The van der Waals surface area contributed by atoms with Crippen LogP contribution in [-0.4, -0.2) is 103 Å². The average Bonchev–Trinajstić information content (AvgIpc) is 3.03. The lowest BCUT2D eigenvalue weighted by Crippen LogP contribution is -2.70. The number of benzene rings is 1. The van der Waals surface area contributed by atoms with Gasteiger partial charge in [-0.1, -0.05) is 112 Å². The summed E-state index contributed by atoms with van der Waals surface area (Å²) >= 11 is 3.66. The lowest BCUT2D eigenvalue weighted by atomic mass is 9.94. The van der Waals surface area contributed by atoms with Crippen molar-refractivity contribution >= 4 is 54.9 Å². The Morgan fingerprint density at radius 3 is 1.59 bits per heavy atom. The van der Waals surface area contributed by atoms with Crippen LogP contribution in [0.15, 0.2) is 22.7 Å². The highest BCUT2D eigenvalue weighted by molar-refractivity contribution is 9.10. The van der Waals surface area contributed by atoms with Crippen molar-refractivity contribution in [1.29, 1.82) is 0 Å². The molecule has 13 heteroatoms. The van der Waals surface area contributed by atoms with Gasteiger partial charge >= 0.3 is 0 Å². The molecule has 1 aromatic carbocycles. The number of halogens is 1. The first kappa shape index (κ1) is 54.2. The third-order valence-electron chi connectivity index (χ3n) is 14.4. The summed E-state index contributed by atoms with van der Waals surface area (Å²) in [6.45, 7) is 50.7. The number of piperidine rings is 1. The number of hydrogen-bond acceptors (Lipinski definition) is 8. The second kappa shape index (κ2) is 20.7. The van der Waals surface area contributed by atoms with Crippen molar-refractivity contribution in [1.82, 2.24) is 4.90 Å². The van der Waals surface area contributed by atoms with Crippen molar-refractivity contribution in [3.63, 3.8) is 0 Å². The van der Waals surface area contributed by atoms with Crippen molar-refractivity contribution in [3.05, 3.63) is 28.2 Å². The zero-order chi connectivity index (χ0) is 44.9. The van der Waals surface area contributed by atoms with Crippen LogP contribution in [0.3, 0.4) is 0 Å². The van der Waals surface area contributed by atoms with Gasteiger partial charge < -0.3 is 32.5 Å². The van der Waals surface area contributed by atoms with Gasteiger partial charge in [0.05, 0.1) is 31.0 Å². The van der Waals surface area contributed by atoms with Gasteiger partial charge in [0.1, 0.15) is 0 Å². The fourth-order valence-corrected chi connectivity index (χ4v) is 11.8. The van der Waals surface area contributed by atoms with E-state index in [1.807, 2.05) is 6.07 Å². The monoisotopic (exact) mass is 947 g/mol. The summed E-state index contributed by atoms with van der Waals surface area (Å²) in [4.78, 5) is 2.71. The third kappa shape index (κ3) is 14.8. The summed E-state index contributed by atoms with van der Waals surface area (Å²) in [5, 5.41) is 3.89. The summed E-state index contributed by atoms with van der Waals surface area (Å²) in [7, 11) is -5.44. The van der Waals surface area contributed by atoms with E-state index in [4.69, 9.17) is 27.2 Å². The van der Waals surface area contributed by atoms with Gasteiger partial charge in [-0.15, -0.1) is 0 Å². The molecule has 8 nitrogen and oxygen atoms in total. The number of anilines is 1. The standard InChI is InChI=1S/C45H91BrN2O6Si4/c1-42(2,3)55(15,16)51-33-37-39(53-57(19,20)44(7,8)9)40(54-58(21,22)45(10,11)12)38(52-56(17,18)43(4,5)6)32-48(37)28-26-24-23-25-27-47-36-30-34(29-35(46)31-36)41(49-13)50-14/h29-31,37-41,47H,23-28,32-33H2,1-22H3/t37-,38?,39?,40?/m1/s1. The Bertz CT molecular complexity index is 1410. The maximum atomic E-state index is 7.72. The molecular formula is C45H91BrN2O6Si4. The molecule has 2 rings (SSSR count). The molecule has 0 aliphatic carbocycles. The number of ether oxygens (including phenoxy) is 2. The van der Waals surface area contributed by atoms with Crippen molar-refractivity contribution < 1.29 is 27.2 Å². The van der Waals surface area contributed by atoms with E-state index in [1.165, 1.54) is 0 Å². The Kier molecular flexibility index (Phi) is 19.4. The minimum Gasteiger partial charge on any atom is -0.415 e. The van der Waals surface area contributed by atoms with Crippen LogP contribution in [0.25, 0.3) is 0 Å². The van der Waals surface area contributed by atoms with Crippen LogP contribution in [0.4, 0.5) is 5.69 Å². The van der Waals surface area contributed by atoms with Crippen LogP contribution >= 0.6 is 15.9 Å². The van der Waals surface area contributed by atoms with Gasteiger partial charge in [0.25, 0.3) is 0 Å². The van der Waals surface area contributed by atoms with E-state index < -0.39 is 39.6 Å². The molecular weight excluding hydrogens is 857 g/mol. The summed E-state index contributed by atoms with van der Waals surface area (Å²) < 4.78 is 42.1. The van der Waals surface area contributed by atoms with E-state index in [0.717, 1.165) is 61.0 Å². The Labute approximate surface area is 371 Å². The number of nitrogens with zero attached hydrogens (tertiary/aromatic N) is 1. The van der Waals surface area contributed by atoms with Crippen LogP contribution in [0.1, 0.15) is 121 Å². The second-order valence-corrected chi connectivity index (χ2v) is 43.1. The molecule has 1 heterocycles. The number of likely N-dealkylation sites (tertiary alicyclic amines) is 1. The molecule has 0 spiro atoms. The van der Waals surface area contributed by atoms with E-state index in [9.17, 15) is 0 Å². The molecule has 1 fully saturated rings. The predicted octanol–water partition coefficient (Wildman–Crippen LogP) is 13.6. The quantitative estimate of drug-likeness (QED) is 0.0788. The maximum Gasteiger partial charge on any atom is 0.192 e. The van der Waals surface area contributed by atoms with Gasteiger partial charge in [-0.25, -0.2) is 0 Å². The predicted molar refractivity (Wildman–Crippen MR) is 263 cm³/mol. The lowest BCUT2D eigenvalue weighted by molar-refractivity contribution is -0.128. The minimum atomic E-state index is -2.27. The molecule has 4 atom stereocenters. The fraction of sp³-hybridized carbons (Fsp3) is 0.867. The number of nitrogens with one attached hydrogen (secondary N) is 1. The van der Waals surface area contributed by atoms with Gasteiger partial charge in [0.15, 0.2) is 39.6 Å². The van der Waals surface area contributed by atoms with E-state index in [0.29, 0.717) is 6.61 Å². The zero-order valence-electron chi connectivity index (χ0n) is 41.6. The molecule has 58 heavy (non-hydrogen) atoms. The maximum absolute atomic E-state index is 7.72. The van der Waals surface area contributed by atoms with Gasteiger partial charge in [0, 0.05) is 43.0 Å². The molecule has 1 aliphatic heterocycles. The highest BCUT2D eigenvalue weighted by atomic mass is 79.9. The number of methoxy groups -OCH3 is 2. The number of unbranched alkanes of at least 4 members (excludes halogenated alkanes) is 3. The Morgan fingerprint density at radius 1 is 0.638 bits per heavy atom. The fourth-order valence-electron chi connectivity index (χ4n) is 6.30. The van der Waals surface area contributed by atoms with Crippen molar-refractivity contribution in [2.75, 3.05) is 45.8 Å². The molecule has 340 valence electrons. The van der Waals surface area contributed by atoms with Crippen molar-refractivity contribution in [2.45, 2.75) is 212 Å². The molecule has 1 saturated heterocycles. The molecule has 3 unspecified atom stereocenters. The highest BCUT2D eigenvalue weighted by Gasteiger charge is 2.55. The van der Waals surface area contributed by atoms with Gasteiger partial charge in [-0.2, -0.15) is 0 Å². The average molecular weight is 948 g/mol. The first-order chi connectivity index (χ1) is 26.1. The Morgan fingerprint density at radius 2 is 1.10 bits per heavy atom. The first-order valence-corrected chi connectivity index (χ1v) is 34.5. The van der Waals surface area contributed by atoms with Crippen LogP contribution in [0, 0.1) is 0 Å². The van der Waals surface area contributed by atoms with Crippen LogP contribution in [0.2, 0.25) is 72.5 Å². The molecule has 1 aromatic rings. The normalized spacial score (nSPS) is 21.2. The topological polar surface area (TPSA) is 70.7 Å². The van der Waals surface area contributed by atoms with Crippen molar-refractivity contribution in [2.24, 2.45) is 0 Å². The van der Waals surface area contributed by atoms with Gasteiger partial charge in [-0.05, 0) is 110 Å². The van der Waals surface area contributed by atoms with Crippen LogP contribution in [0.5, 0.6) is 0 Å². The molecule has 0 bridgehead atoms. The van der Waals surface area contributed by atoms with E-state index >= 15 is 0 Å². The lowest BCUT2D eigenvalue weighted by Gasteiger charge is -2.56. The largest absolute Gasteiger partial charge is 0.415 e. The van der Waals surface area contributed by atoms with Gasteiger partial charge in [-0.3, -0.25) is 4.90 Å². The van der Waals surface area contributed by atoms with Crippen molar-refractivity contribution in [3.8, 4) is 0 Å². The summed E-state index contributed by atoms with van der Waals surface area (Å²) in [5.41, 5.74) is 2.05. The van der Waals surface area contributed by atoms with Gasteiger partial charge in [0.2, 0.25) is 0 Å². The number of rotatable bonds is 20. The van der Waals surface area contributed by atoms with Crippen LogP contribution in [-0.2, 0) is 27.2 Å². The Balaban J connectivity index is 2.52. The molecule has 1 aliphatic rings. The Hall–Kier alpha value is 0.0875. The highest BCUT2D eigenvalue weighted by Crippen LogP contribution is 2.46. The third-order valence-corrected chi connectivity index (χ3v) is 32.8. The molecule has 0 aromatic heterocycles. The van der Waals surface area contributed by atoms with E-state index in [2.05, 4.69) is 174 Å². The minimum absolute atomic E-state index is 0.0398. The molecule has 0 radical (unpaired) electrons. The summed E-state index contributed by atoms with van der Waals surface area (Å²) in [6.07, 6.45) is 3.66. The second-order valence-electron chi connectivity index (χ2n) is 23.2. The molecule has 1 N–H and O–H groups in total. The molecule has 0 amide bonds. The zero-order valence-corrected chi connectivity index (χ0v) is 47.1. The smallest absolute Gasteiger partial charge is 0.192 e. The molecule has 0 saturated carbocycles. The van der Waals surface area contributed by atoms with E-state index in [1.54, 1.807) is 14.2 Å². The van der Waals surface area contributed by atoms with E-state index in [-0.39, 0.29) is 44.5 Å². The first-order valence-electron chi connectivity index (χ1n) is 22.1. The summed E-state index contributed by atoms with van der Waals surface area (Å²) in [5.74, 6) is 0. The SMILES string of the molecule is COC(OC)c1cc(Br)cc(NCCCCCCN2CC(O[Si](C)(C)C(C)(C)C)C(O[Si](C)(C)C(C)(C)C)C(O[Si](C)(C)C(C)(C)C)[C@H]2CO[Si](C)(C)C(C)(C)C)c1. The summed E-state index contributed by atoms with van der Waals surface area (Å²) in [6, 6.07) is 6.32. The van der Waals surface area contributed by atoms with Crippen LogP contribution < -0.4 is 5.32 Å². The number of hydrogen-bond donors (Lipinski definition) is 1.